The predicted octanol–water partition coefficient (Wildman–Crippen LogP) is 4.13. The van der Waals surface area contributed by atoms with Crippen LogP contribution in [0.2, 0.25) is 5.02 Å². The number of aromatic hydroxyl groups is 2. The zero-order valence-corrected chi connectivity index (χ0v) is 13.0. The van der Waals surface area contributed by atoms with Crippen LogP contribution in [0.1, 0.15) is 5.56 Å². The molecule has 0 bridgehead atoms. The fraction of sp³-hybridized carbons (Fsp3) is 0.143. The molecule has 0 aliphatic carbocycles. The van der Waals surface area contributed by atoms with Gasteiger partial charge in [0.25, 0.3) is 0 Å². The molecule has 0 unspecified atom stereocenters. The smallest absolute Gasteiger partial charge is 0.157 e. The van der Waals surface area contributed by atoms with Crippen molar-refractivity contribution in [1.29, 1.82) is 0 Å². The van der Waals surface area contributed by atoms with E-state index in [4.69, 9.17) is 16.3 Å². The first-order valence-electron chi connectivity index (χ1n) is 5.79. The lowest BCUT2D eigenvalue weighted by Gasteiger charge is -2.13. The number of halogens is 2. The molecular weight excluding hydrogens is 346 g/mol. The van der Waals surface area contributed by atoms with Crippen LogP contribution in [0.3, 0.4) is 0 Å². The Hall–Kier alpha value is -1.59. The van der Waals surface area contributed by atoms with Crippen molar-refractivity contribution in [2.45, 2.75) is 6.54 Å². The molecule has 4 nitrogen and oxygen atoms in total. The molecule has 0 heterocycles. The fourth-order valence-corrected chi connectivity index (χ4v) is 2.75. The average Bonchev–Trinajstić information content (AvgIpc) is 2.39. The summed E-state index contributed by atoms with van der Waals surface area (Å²) in [7, 11) is 1.57. The zero-order chi connectivity index (χ0) is 14.7. The molecule has 0 fully saturated rings. The molecule has 0 radical (unpaired) electrons. The number of phenolic OH excluding ortho intramolecular Hbond substituents is 2. The molecule has 2 aromatic rings. The molecule has 0 amide bonds. The lowest BCUT2D eigenvalue weighted by Crippen LogP contribution is -2.01. The third-order valence-corrected chi connectivity index (χ3v) is 3.54. The minimum absolute atomic E-state index is 0.142. The molecular formula is C14H13BrClNO3. The van der Waals surface area contributed by atoms with Gasteiger partial charge in [0, 0.05) is 11.6 Å². The number of rotatable bonds is 4. The summed E-state index contributed by atoms with van der Waals surface area (Å²) in [5, 5.41) is 22.5. The van der Waals surface area contributed by atoms with Gasteiger partial charge in [-0.15, -0.1) is 0 Å². The van der Waals surface area contributed by atoms with Gasteiger partial charge in [-0.1, -0.05) is 17.7 Å². The summed E-state index contributed by atoms with van der Waals surface area (Å²) in [4.78, 5) is 0. The third-order valence-electron chi connectivity index (χ3n) is 2.74. The van der Waals surface area contributed by atoms with Gasteiger partial charge in [0.2, 0.25) is 0 Å². The number of benzene rings is 2. The van der Waals surface area contributed by atoms with Crippen molar-refractivity contribution in [3.05, 3.63) is 45.4 Å². The molecule has 20 heavy (non-hydrogen) atoms. The minimum atomic E-state index is -0.150. The van der Waals surface area contributed by atoms with E-state index < -0.39 is 0 Å². The highest BCUT2D eigenvalue weighted by Crippen LogP contribution is 2.36. The number of hydrogen-bond donors (Lipinski definition) is 3. The molecule has 3 N–H and O–H groups in total. The van der Waals surface area contributed by atoms with E-state index in [1.54, 1.807) is 25.3 Å². The molecule has 0 aliphatic rings. The summed E-state index contributed by atoms with van der Waals surface area (Å²) >= 11 is 9.39. The Bertz CT molecular complexity index is 634. The largest absolute Gasteiger partial charge is 0.504 e. The molecule has 0 saturated heterocycles. The Kier molecular flexibility index (Phi) is 4.62. The monoisotopic (exact) mass is 357 g/mol. The van der Waals surface area contributed by atoms with Crippen molar-refractivity contribution in [1.82, 2.24) is 0 Å². The minimum Gasteiger partial charge on any atom is -0.504 e. The lowest BCUT2D eigenvalue weighted by molar-refractivity contribution is 0.403. The van der Waals surface area contributed by atoms with E-state index in [0.717, 1.165) is 15.7 Å². The number of hydrogen-bond acceptors (Lipinski definition) is 4. The standard InChI is InChI=1S/C14H13BrClNO3/c1-20-14-10(15)5-9(16)6-11(14)17-7-8-2-3-12(18)13(19)4-8/h2-6,17-19H,7H2,1H3. The molecule has 6 heteroatoms. The van der Waals surface area contributed by atoms with Gasteiger partial charge in [-0.25, -0.2) is 0 Å². The Morgan fingerprint density at radius 3 is 2.60 bits per heavy atom. The van der Waals surface area contributed by atoms with Crippen LogP contribution in [0.15, 0.2) is 34.8 Å². The average molecular weight is 359 g/mol. The first-order chi connectivity index (χ1) is 9.51. The highest BCUT2D eigenvalue weighted by molar-refractivity contribution is 9.10. The van der Waals surface area contributed by atoms with Gasteiger partial charge in [-0.05, 0) is 45.8 Å². The van der Waals surface area contributed by atoms with Crippen LogP contribution in [0, 0.1) is 0 Å². The molecule has 0 aromatic heterocycles. The van der Waals surface area contributed by atoms with Crippen molar-refractivity contribution in [3.8, 4) is 17.2 Å². The van der Waals surface area contributed by atoms with Gasteiger partial charge in [0.1, 0.15) is 0 Å². The van der Waals surface area contributed by atoms with Crippen molar-refractivity contribution >= 4 is 33.2 Å². The number of ether oxygens (including phenoxy) is 1. The first kappa shape index (κ1) is 14.8. The van der Waals surface area contributed by atoms with E-state index in [1.165, 1.54) is 12.1 Å². The van der Waals surface area contributed by atoms with E-state index in [-0.39, 0.29) is 11.5 Å². The van der Waals surface area contributed by atoms with Gasteiger partial charge in [-0.3, -0.25) is 0 Å². The summed E-state index contributed by atoms with van der Waals surface area (Å²) in [5.74, 6) is 0.359. The topological polar surface area (TPSA) is 61.7 Å². The fourth-order valence-electron chi connectivity index (χ4n) is 1.78. The van der Waals surface area contributed by atoms with Crippen molar-refractivity contribution < 1.29 is 14.9 Å². The maximum absolute atomic E-state index is 9.46. The van der Waals surface area contributed by atoms with Gasteiger partial charge in [0.15, 0.2) is 17.2 Å². The van der Waals surface area contributed by atoms with Gasteiger partial charge in [0.05, 0.1) is 17.3 Å². The zero-order valence-electron chi connectivity index (χ0n) is 10.7. The molecule has 2 aromatic carbocycles. The molecule has 0 aliphatic heterocycles. The number of phenols is 2. The summed E-state index contributed by atoms with van der Waals surface area (Å²) < 4.78 is 6.06. The maximum Gasteiger partial charge on any atom is 0.157 e. The second kappa shape index (κ2) is 6.24. The van der Waals surface area contributed by atoms with Crippen LogP contribution in [0.4, 0.5) is 5.69 Å². The molecule has 2 rings (SSSR count). The Balaban J connectivity index is 2.20. The highest BCUT2D eigenvalue weighted by Gasteiger charge is 2.09. The quantitative estimate of drug-likeness (QED) is 0.719. The van der Waals surface area contributed by atoms with Crippen LogP contribution in [0.5, 0.6) is 17.2 Å². The predicted molar refractivity (Wildman–Crippen MR) is 82.8 cm³/mol. The van der Waals surface area contributed by atoms with Crippen molar-refractivity contribution in [2.24, 2.45) is 0 Å². The van der Waals surface area contributed by atoms with Crippen molar-refractivity contribution in [2.75, 3.05) is 12.4 Å². The Labute approximate surface area is 130 Å². The number of nitrogens with one attached hydrogen (secondary N) is 1. The summed E-state index contributed by atoms with van der Waals surface area (Å²) in [6, 6.07) is 8.16. The first-order valence-corrected chi connectivity index (χ1v) is 6.96. The van der Waals surface area contributed by atoms with Gasteiger partial charge < -0.3 is 20.3 Å². The van der Waals surface area contributed by atoms with E-state index >= 15 is 0 Å². The van der Waals surface area contributed by atoms with Crippen LogP contribution >= 0.6 is 27.5 Å². The molecule has 106 valence electrons. The number of anilines is 1. The molecule has 0 atom stereocenters. The normalized spacial score (nSPS) is 10.3. The maximum atomic E-state index is 9.46. The summed E-state index contributed by atoms with van der Waals surface area (Å²) in [6.07, 6.45) is 0. The highest BCUT2D eigenvalue weighted by atomic mass is 79.9. The summed E-state index contributed by atoms with van der Waals surface area (Å²) in [6.45, 7) is 0.455. The lowest BCUT2D eigenvalue weighted by atomic mass is 10.2. The van der Waals surface area contributed by atoms with Crippen LogP contribution in [-0.4, -0.2) is 17.3 Å². The Morgan fingerprint density at radius 2 is 1.95 bits per heavy atom. The van der Waals surface area contributed by atoms with E-state index in [0.29, 0.717) is 17.3 Å². The van der Waals surface area contributed by atoms with Crippen LogP contribution in [0.25, 0.3) is 0 Å². The van der Waals surface area contributed by atoms with E-state index in [9.17, 15) is 10.2 Å². The third kappa shape index (κ3) is 3.29. The Morgan fingerprint density at radius 1 is 1.20 bits per heavy atom. The number of methoxy groups -OCH3 is 1. The van der Waals surface area contributed by atoms with Gasteiger partial charge >= 0.3 is 0 Å². The van der Waals surface area contributed by atoms with E-state index in [1.807, 2.05) is 0 Å². The second-order valence-electron chi connectivity index (χ2n) is 4.15. The van der Waals surface area contributed by atoms with Crippen LogP contribution in [-0.2, 0) is 6.54 Å². The second-order valence-corrected chi connectivity index (χ2v) is 5.44. The van der Waals surface area contributed by atoms with E-state index in [2.05, 4.69) is 21.2 Å². The van der Waals surface area contributed by atoms with Gasteiger partial charge in [-0.2, -0.15) is 0 Å². The SMILES string of the molecule is COc1c(Br)cc(Cl)cc1NCc1ccc(O)c(O)c1. The summed E-state index contributed by atoms with van der Waals surface area (Å²) in [5.41, 5.74) is 1.55. The van der Waals surface area contributed by atoms with Crippen molar-refractivity contribution in [3.63, 3.8) is 0 Å². The molecule has 0 saturated carbocycles. The van der Waals surface area contributed by atoms with Crippen LogP contribution < -0.4 is 10.1 Å². The molecule has 0 spiro atoms.